The van der Waals surface area contributed by atoms with Crippen molar-refractivity contribution in [2.45, 2.75) is 33.2 Å². The normalized spacial score (nSPS) is 9.71. The second-order valence-corrected chi connectivity index (χ2v) is 4.99. The van der Waals surface area contributed by atoms with Gasteiger partial charge in [0.05, 0.1) is 12.5 Å². The van der Waals surface area contributed by atoms with E-state index in [1.165, 1.54) is 0 Å². The van der Waals surface area contributed by atoms with E-state index in [4.69, 9.17) is 10.4 Å². The smallest absolute Gasteiger partial charge is 0.254 e. The molecule has 0 unspecified atom stereocenters. The molecular weight excluding hydrogens is 264 g/mol. The number of hydrogen-bond acceptors (Lipinski definition) is 3. The van der Waals surface area contributed by atoms with Gasteiger partial charge in [-0.15, -0.1) is 0 Å². The molecule has 0 aliphatic heterocycles. The molecule has 0 aliphatic rings. The van der Waals surface area contributed by atoms with Gasteiger partial charge in [-0.25, -0.2) is 0 Å². The summed E-state index contributed by atoms with van der Waals surface area (Å²) in [6, 6.07) is 7.43. The number of carbonyl (C=O) groups excluding carboxylic acids is 1. The highest BCUT2D eigenvalue weighted by molar-refractivity contribution is 5.94. The van der Waals surface area contributed by atoms with Crippen LogP contribution in [0.1, 0.15) is 41.8 Å². The zero-order chi connectivity index (χ0) is 15.8. The Morgan fingerprint density at radius 3 is 2.67 bits per heavy atom. The molecule has 4 heteroatoms. The summed E-state index contributed by atoms with van der Waals surface area (Å²) in [6.07, 6.45) is 0.322. The second kappa shape index (κ2) is 8.09. The number of hydrogen-bond donors (Lipinski definition) is 1. The summed E-state index contributed by atoms with van der Waals surface area (Å²) in [5.41, 5.74) is 2.29. The Morgan fingerprint density at radius 2 is 2.14 bits per heavy atom. The maximum atomic E-state index is 12.5. The predicted molar refractivity (Wildman–Crippen MR) is 81.5 cm³/mol. The lowest BCUT2D eigenvalue weighted by Gasteiger charge is -2.26. The number of benzene rings is 1. The van der Waals surface area contributed by atoms with Gasteiger partial charge in [0.1, 0.15) is 6.61 Å². The maximum absolute atomic E-state index is 12.5. The number of carbonyl (C=O) groups is 1. The summed E-state index contributed by atoms with van der Waals surface area (Å²) in [7, 11) is 0. The lowest BCUT2D eigenvalue weighted by molar-refractivity contribution is 0.0710. The summed E-state index contributed by atoms with van der Waals surface area (Å²) in [4.78, 5) is 14.2. The number of aliphatic hydroxyl groups is 1. The maximum Gasteiger partial charge on any atom is 0.254 e. The van der Waals surface area contributed by atoms with Gasteiger partial charge in [0.2, 0.25) is 0 Å². The Bertz CT molecular complexity index is 603. The van der Waals surface area contributed by atoms with Crippen LogP contribution in [0.5, 0.6) is 0 Å². The van der Waals surface area contributed by atoms with E-state index in [1.807, 2.05) is 20.8 Å². The van der Waals surface area contributed by atoms with Crippen LogP contribution in [0.25, 0.3) is 0 Å². The van der Waals surface area contributed by atoms with E-state index in [0.29, 0.717) is 18.5 Å². The van der Waals surface area contributed by atoms with E-state index < -0.39 is 0 Å². The summed E-state index contributed by atoms with van der Waals surface area (Å²) < 4.78 is 0. The van der Waals surface area contributed by atoms with Gasteiger partial charge in [0.25, 0.3) is 5.91 Å². The third-order valence-electron chi connectivity index (χ3n) is 3.12. The van der Waals surface area contributed by atoms with Crippen molar-refractivity contribution in [3.05, 3.63) is 34.9 Å². The Morgan fingerprint density at radius 1 is 1.43 bits per heavy atom. The molecule has 4 nitrogen and oxygen atoms in total. The number of nitrogens with zero attached hydrogens (tertiary/aromatic N) is 2. The Balaban J connectivity index is 3.01. The first-order valence-electron chi connectivity index (χ1n) is 6.89. The lowest BCUT2D eigenvalue weighted by Crippen LogP contribution is -2.37. The number of amides is 1. The number of aryl methyl sites for hydroxylation is 1. The molecule has 0 bridgehead atoms. The molecule has 0 fully saturated rings. The van der Waals surface area contributed by atoms with Crippen molar-refractivity contribution in [1.82, 2.24) is 4.90 Å². The second-order valence-electron chi connectivity index (χ2n) is 4.99. The highest BCUT2D eigenvalue weighted by Gasteiger charge is 2.18. The fourth-order valence-corrected chi connectivity index (χ4v) is 2.00. The number of rotatable bonds is 4. The Hall–Kier alpha value is -2.30. The highest BCUT2D eigenvalue weighted by Crippen LogP contribution is 2.14. The summed E-state index contributed by atoms with van der Waals surface area (Å²) >= 11 is 0. The minimum atomic E-state index is -0.185. The molecule has 1 N–H and O–H groups in total. The molecule has 21 heavy (non-hydrogen) atoms. The fourth-order valence-electron chi connectivity index (χ4n) is 2.00. The van der Waals surface area contributed by atoms with Crippen LogP contribution >= 0.6 is 0 Å². The first-order chi connectivity index (χ1) is 10.0. The SMILES string of the molecule is Cc1cc(C(=O)N(CCC#N)C(C)C)ccc1C#CCO. The average Bonchev–Trinajstić information content (AvgIpc) is 2.45. The molecule has 110 valence electrons. The van der Waals surface area contributed by atoms with Crippen LogP contribution in [0.4, 0.5) is 0 Å². The van der Waals surface area contributed by atoms with E-state index in [-0.39, 0.29) is 18.6 Å². The Labute approximate surface area is 126 Å². The van der Waals surface area contributed by atoms with Crippen LogP contribution < -0.4 is 0 Å². The fraction of sp³-hybridized carbons (Fsp3) is 0.412. The van der Waals surface area contributed by atoms with Gasteiger partial charge in [-0.1, -0.05) is 11.8 Å². The van der Waals surface area contributed by atoms with Crippen molar-refractivity contribution in [3.8, 4) is 17.9 Å². The zero-order valence-corrected chi connectivity index (χ0v) is 12.7. The Kier molecular flexibility index (Phi) is 6.46. The summed E-state index contributed by atoms with van der Waals surface area (Å²) in [5, 5.41) is 17.4. The van der Waals surface area contributed by atoms with Crippen LogP contribution in [-0.4, -0.2) is 35.1 Å². The first-order valence-corrected chi connectivity index (χ1v) is 6.89. The molecule has 0 saturated carbocycles. The van der Waals surface area contributed by atoms with Gasteiger partial charge in [0.15, 0.2) is 0 Å². The molecule has 0 radical (unpaired) electrons. The molecule has 0 saturated heterocycles. The molecule has 0 heterocycles. The van der Waals surface area contributed by atoms with E-state index in [1.54, 1.807) is 23.1 Å². The van der Waals surface area contributed by atoms with Crippen molar-refractivity contribution in [1.29, 1.82) is 5.26 Å². The minimum absolute atomic E-state index is 0.0417. The van der Waals surface area contributed by atoms with Gasteiger partial charge in [0, 0.05) is 23.7 Å². The summed E-state index contributed by atoms with van der Waals surface area (Å²) in [6.45, 7) is 5.99. The van der Waals surface area contributed by atoms with Gasteiger partial charge < -0.3 is 10.0 Å². The quantitative estimate of drug-likeness (QED) is 0.861. The first kappa shape index (κ1) is 16.8. The van der Waals surface area contributed by atoms with Crippen molar-refractivity contribution in [2.75, 3.05) is 13.2 Å². The van der Waals surface area contributed by atoms with Gasteiger partial charge in [-0.2, -0.15) is 5.26 Å². The predicted octanol–water partition coefficient (Wildman–Crippen LogP) is 2.10. The zero-order valence-electron chi connectivity index (χ0n) is 12.7. The summed E-state index contributed by atoms with van der Waals surface area (Å²) in [5.74, 6) is 5.37. The van der Waals surface area contributed by atoms with E-state index in [2.05, 4.69) is 17.9 Å². The molecule has 1 aromatic carbocycles. The van der Waals surface area contributed by atoms with Gasteiger partial charge in [-0.05, 0) is 44.5 Å². The van der Waals surface area contributed by atoms with Crippen molar-refractivity contribution >= 4 is 5.91 Å². The lowest BCUT2D eigenvalue weighted by atomic mass is 10.0. The third kappa shape index (κ3) is 4.63. The molecule has 1 amide bonds. The molecule has 1 rings (SSSR count). The van der Waals surface area contributed by atoms with Crippen LogP contribution in [0.15, 0.2) is 18.2 Å². The minimum Gasteiger partial charge on any atom is -0.384 e. The van der Waals surface area contributed by atoms with Gasteiger partial charge >= 0.3 is 0 Å². The average molecular weight is 284 g/mol. The van der Waals surface area contributed by atoms with E-state index >= 15 is 0 Å². The van der Waals surface area contributed by atoms with Crippen molar-refractivity contribution < 1.29 is 9.90 Å². The van der Waals surface area contributed by atoms with E-state index in [9.17, 15) is 4.79 Å². The molecule has 0 aromatic heterocycles. The van der Waals surface area contributed by atoms with Crippen LogP contribution in [-0.2, 0) is 0 Å². The standard InChI is InChI=1S/C17H20N2O2/c1-13(2)19(10-5-9-18)17(21)16-8-7-15(6-4-11-20)14(3)12-16/h7-8,12-13,20H,5,10-11H2,1-3H3. The topological polar surface area (TPSA) is 64.3 Å². The molecule has 0 aliphatic carbocycles. The largest absolute Gasteiger partial charge is 0.384 e. The molecular formula is C17H20N2O2. The van der Waals surface area contributed by atoms with Crippen LogP contribution in [0, 0.1) is 30.1 Å². The van der Waals surface area contributed by atoms with Gasteiger partial charge in [-0.3, -0.25) is 4.79 Å². The van der Waals surface area contributed by atoms with Crippen LogP contribution in [0.2, 0.25) is 0 Å². The number of aliphatic hydroxyl groups excluding tert-OH is 1. The van der Waals surface area contributed by atoms with Crippen molar-refractivity contribution in [2.24, 2.45) is 0 Å². The molecule has 0 atom stereocenters. The third-order valence-corrected chi connectivity index (χ3v) is 3.12. The monoisotopic (exact) mass is 284 g/mol. The molecule has 0 spiro atoms. The van der Waals surface area contributed by atoms with E-state index in [0.717, 1.165) is 11.1 Å². The molecule has 1 aromatic rings. The highest BCUT2D eigenvalue weighted by atomic mass is 16.2. The van der Waals surface area contributed by atoms with Crippen molar-refractivity contribution in [3.63, 3.8) is 0 Å². The number of nitriles is 1. The van der Waals surface area contributed by atoms with Crippen LogP contribution in [0.3, 0.4) is 0 Å².